The van der Waals surface area contributed by atoms with E-state index in [-0.39, 0.29) is 6.09 Å². The number of likely N-dealkylation sites (tertiary alicyclic amines) is 1. The van der Waals surface area contributed by atoms with Crippen molar-refractivity contribution in [2.75, 3.05) is 25.5 Å². The highest BCUT2D eigenvalue weighted by molar-refractivity contribution is 5.87. The van der Waals surface area contributed by atoms with E-state index in [0.29, 0.717) is 5.82 Å². The predicted octanol–water partition coefficient (Wildman–Crippen LogP) is 1.56. The van der Waals surface area contributed by atoms with Crippen LogP contribution in [0.4, 0.5) is 10.6 Å². The van der Waals surface area contributed by atoms with Crippen LogP contribution in [0.15, 0.2) is 18.3 Å². The molecule has 1 saturated heterocycles. The van der Waals surface area contributed by atoms with Gasteiger partial charge in [-0.1, -0.05) is 0 Å². The van der Waals surface area contributed by atoms with Crippen molar-refractivity contribution >= 4 is 11.9 Å². The summed E-state index contributed by atoms with van der Waals surface area (Å²) in [7, 11) is 2.08. The number of hydrogen-bond donors (Lipinski definition) is 1. The molecule has 0 unspecified atom stereocenters. The summed E-state index contributed by atoms with van der Waals surface area (Å²) in [6, 6.07) is 3.88. The fourth-order valence-corrected chi connectivity index (χ4v) is 2.58. The molecule has 90 valence electrons. The molecule has 1 fully saturated rings. The van der Waals surface area contributed by atoms with E-state index >= 15 is 0 Å². The summed E-state index contributed by atoms with van der Waals surface area (Å²) in [6.07, 6.45) is 2.96. The van der Waals surface area contributed by atoms with Crippen LogP contribution in [-0.2, 0) is 10.3 Å². The number of ether oxygens (including phenoxy) is 1. The third-order valence-corrected chi connectivity index (χ3v) is 3.60. The summed E-state index contributed by atoms with van der Waals surface area (Å²) in [5.41, 5.74) is 0.533. The van der Waals surface area contributed by atoms with Gasteiger partial charge in [-0.2, -0.15) is 0 Å². The Morgan fingerprint density at radius 1 is 1.47 bits per heavy atom. The molecule has 2 aliphatic rings. The Balaban J connectivity index is 2.02. The first kappa shape index (κ1) is 10.5. The molecule has 2 aliphatic heterocycles. The number of amides is 1. The smallest absolute Gasteiger partial charge is 0.413 e. The largest absolute Gasteiger partial charge is 0.438 e. The minimum Gasteiger partial charge on any atom is -0.438 e. The number of carbonyl (C=O) groups is 1. The van der Waals surface area contributed by atoms with Crippen molar-refractivity contribution < 1.29 is 9.53 Å². The number of carbonyl (C=O) groups excluding carboxylic acids is 1. The summed E-state index contributed by atoms with van der Waals surface area (Å²) in [4.78, 5) is 18.1. The first-order valence-electron chi connectivity index (χ1n) is 5.84. The monoisotopic (exact) mass is 233 g/mol. The lowest BCUT2D eigenvalue weighted by Gasteiger charge is -2.42. The van der Waals surface area contributed by atoms with Gasteiger partial charge < -0.3 is 9.64 Å². The molecule has 3 heterocycles. The van der Waals surface area contributed by atoms with Crippen molar-refractivity contribution in [3.8, 4) is 0 Å². The van der Waals surface area contributed by atoms with Crippen LogP contribution in [0.1, 0.15) is 18.4 Å². The molecule has 5 heteroatoms. The second-order valence-corrected chi connectivity index (χ2v) is 4.71. The number of hydrogen-bond acceptors (Lipinski definition) is 4. The van der Waals surface area contributed by atoms with E-state index in [4.69, 9.17) is 4.74 Å². The highest BCUT2D eigenvalue weighted by atomic mass is 16.6. The molecule has 5 nitrogen and oxygen atoms in total. The van der Waals surface area contributed by atoms with E-state index in [9.17, 15) is 4.79 Å². The number of nitrogens with one attached hydrogen (secondary N) is 1. The van der Waals surface area contributed by atoms with E-state index in [1.54, 1.807) is 6.20 Å². The highest BCUT2D eigenvalue weighted by Gasteiger charge is 2.44. The van der Waals surface area contributed by atoms with Gasteiger partial charge in [-0.15, -0.1) is 0 Å². The van der Waals surface area contributed by atoms with Crippen molar-refractivity contribution in [2.45, 2.75) is 18.4 Å². The molecule has 1 aromatic rings. The Kier molecular flexibility index (Phi) is 2.29. The van der Waals surface area contributed by atoms with Crippen LogP contribution in [0.25, 0.3) is 0 Å². The molecule has 1 aromatic heterocycles. The van der Waals surface area contributed by atoms with Crippen LogP contribution in [0.5, 0.6) is 0 Å². The molecule has 1 spiro atoms. The average molecular weight is 233 g/mol. The van der Waals surface area contributed by atoms with Gasteiger partial charge in [0.05, 0.1) is 0 Å². The fourth-order valence-electron chi connectivity index (χ4n) is 2.58. The van der Waals surface area contributed by atoms with Crippen LogP contribution in [0.2, 0.25) is 0 Å². The predicted molar refractivity (Wildman–Crippen MR) is 62.7 cm³/mol. The molecular weight excluding hydrogens is 218 g/mol. The third-order valence-electron chi connectivity index (χ3n) is 3.60. The standard InChI is InChI=1S/C12H15N3O2/c1-15-7-4-12(5-8-15)9-3-2-6-13-10(9)14-11(16)17-12/h2-3,6H,4-5,7-8H2,1H3,(H,13,14,16). The van der Waals surface area contributed by atoms with E-state index in [0.717, 1.165) is 31.5 Å². The normalized spacial score (nSPS) is 22.8. The third kappa shape index (κ3) is 1.67. The van der Waals surface area contributed by atoms with Crippen molar-refractivity contribution in [2.24, 2.45) is 0 Å². The number of pyridine rings is 1. The van der Waals surface area contributed by atoms with Crippen LogP contribution < -0.4 is 5.32 Å². The van der Waals surface area contributed by atoms with Crippen LogP contribution in [0, 0.1) is 0 Å². The Labute approximate surface area is 99.8 Å². The van der Waals surface area contributed by atoms with Crippen LogP contribution in [0.3, 0.4) is 0 Å². The zero-order valence-corrected chi connectivity index (χ0v) is 9.77. The molecule has 1 amide bonds. The van der Waals surface area contributed by atoms with Crippen molar-refractivity contribution in [3.63, 3.8) is 0 Å². The SMILES string of the molecule is CN1CCC2(CC1)OC(=O)Nc1ncccc12. The van der Waals surface area contributed by atoms with E-state index < -0.39 is 5.60 Å². The number of piperidine rings is 1. The first-order valence-corrected chi connectivity index (χ1v) is 5.84. The zero-order valence-electron chi connectivity index (χ0n) is 9.77. The molecule has 0 bridgehead atoms. The number of rotatable bonds is 0. The van der Waals surface area contributed by atoms with E-state index in [1.807, 2.05) is 12.1 Å². The van der Waals surface area contributed by atoms with Gasteiger partial charge in [0, 0.05) is 37.7 Å². The second-order valence-electron chi connectivity index (χ2n) is 4.71. The van der Waals surface area contributed by atoms with Crippen molar-refractivity contribution in [1.29, 1.82) is 0 Å². The van der Waals surface area contributed by atoms with Gasteiger partial charge in [-0.05, 0) is 19.2 Å². The van der Waals surface area contributed by atoms with Gasteiger partial charge in [-0.25, -0.2) is 9.78 Å². The Bertz CT molecular complexity index is 453. The van der Waals surface area contributed by atoms with Crippen LogP contribution >= 0.6 is 0 Å². The second kappa shape index (κ2) is 3.70. The number of anilines is 1. The lowest BCUT2D eigenvalue weighted by atomic mass is 9.83. The average Bonchev–Trinajstić information content (AvgIpc) is 2.33. The van der Waals surface area contributed by atoms with E-state index in [1.165, 1.54) is 0 Å². The van der Waals surface area contributed by atoms with Gasteiger partial charge in [0.1, 0.15) is 11.4 Å². The van der Waals surface area contributed by atoms with Gasteiger partial charge in [0.25, 0.3) is 0 Å². The highest BCUT2D eigenvalue weighted by Crippen LogP contribution is 2.42. The van der Waals surface area contributed by atoms with Gasteiger partial charge in [0.2, 0.25) is 0 Å². The summed E-state index contributed by atoms with van der Waals surface area (Å²) >= 11 is 0. The Morgan fingerprint density at radius 2 is 2.24 bits per heavy atom. The van der Waals surface area contributed by atoms with Gasteiger partial charge in [-0.3, -0.25) is 5.32 Å². The van der Waals surface area contributed by atoms with Gasteiger partial charge >= 0.3 is 6.09 Å². The maximum absolute atomic E-state index is 11.6. The number of aromatic nitrogens is 1. The molecule has 0 aliphatic carbocycles. The van der Waals surface area contributed by atoms with E-state index in [2.05, 4.69) is 22.2 Å². The summed E-state index contributed by atoms with van der Waals surface area (Å²) in [5, 5.41) is 2.66. The Morgan fingerprint density at radius 3 is 3.00 bits per heavy atom. The number of fused-ring (bicyclic) bond motifs is 2. The fraction of sp³-hybridized carbons (Fsp3) is 0.500. The van der Waals surface area contributed by atoms with Crippen molar-refractivity contribution in [3.05, 3.63) is 23.9 Å². The molecule has 0 saturated carbocycles. The zero-order chi connectivity index (χ0) is 11.9. The van der Waals surface area contributed by atoms with Gasteiger partial charge in [0.15, 0.2) is 0 Å². The molecular formula is C12H15N3O2. The molecule has 3 rings (SSSR count). The lowest BCUT2D eigenvalue weighted by Crippen LogP contribution is -2.47. The molecule has 0 aromatic carbocycles. The minimum absolute atomic E-state index is 0.388. The first-order chi connectivity index (χ1) is 8.20. The maximum Gasteiger partial charge on any atom is 0.413 e. The molecule has 0 atom stereocenters. The quantitative estimate of drug-likeness (QED) is 0.739. The van der Waals surface area contributed by atoms with Crippen molar-refractivity contribution in [1.82, 2.24) is 9.88 Å². The summed E-state index contributed by atoms with van der Waals surface area (Å²) in [5.74, 6) is 0.647. The summed E-state index contributed by atoms with van der Waals surface area (Å²) in [6.45, 7) is 1.86. The van der Waals surface area contributed by atoms with Crippen LogP contribution in [-0.4, -0.2) is 36.1 Å². The molecule has 1 N–H and O–H groups in total. The maximum atomic E-state index is 11.6. The topological polar surface area (TPSA) is 54.5 Å². The molecule has 0 radical (unpaired) electrons. The Hall–Kier alpha value is -1.62. The lowest BCUT2D eigenvalue weighted by molar-refractivity contribution is -0.0337. The molecule has 17 heavy (non-hydrogen) atoms. The summed E-state index contributed by atoms with van der Waals surface area (Å²) < 4.78 is 5.57. The number of nitrogens with zero attached hydrogens (tertiary/aromatic N) is 2. The minimum atomic E-state index is -0.474.